The van der Waals surface area contributed by atoms with Gasteiger partial charge in [-0.3, -0.25) is 0 Å². The maximum atomic E-state index is 5.71. The molecule has 2 rings (SSSR count). The number of benzene rings is 1. The third-order valence-corrected chi connectivity index (χ3v) is 3.48. The predicted molar refractivity (Wildman–Crippen MR) is 66.2 cm³/mol. The van der Waals surface area contributed by atoms with E-state index in [9.17, 15) is 0 Å². The number of hydrogen-bond acceptors (Lipinski definition) is 3. The lowest BCUT2D eigenvalue weighted by Gasteiger charge is -2.01. The van der Waals surface area contributed by atoms with Gasteiger partial charge in [0.2, 0.25) is 0 Å². The molecular weight excluding hydrogens is 204 g/mol. The summed E-state index contributed by atoms with van der Waals surface area (Å²) in [7, 11) is 0. The van der Waals surface area contributed by atoms with Crippen LogP contribution < -0.4 is 5.73 Å². The van der Waals surface area contributed by atoms with Crippen molar-refractivity contribution in [1.82, 2.24) is 4.98 Å². The van der Waals surface area contributed by atoms with Crippen molar-refractivity contribution in [3.8, 4) is 0 Å². The van der Waals surface area contributed by atoms with Crippen LogP contribution in [0.25, 0.3) is 10.2 Å². The van der Waals surface area contributed by atoms with Crippen molar-refractivity contribution in [2.24, 2.45) is 5.73 Å². The van der Waals surface area contributed by atoms with Crippen molar-refractivity contribution in [3.63, 3.8) is 0 Å². The Morgan fingerprint density at radius 2 is 2.20 bits per heavy atom. The molecule has 0 aliphatic rings. The molecule has 0 fully saturated rings. The van der Waals surface area contributed by atoms with Gasteiger partial charge in [-0.15, -0.1) is 11.3 Å². The van der Waals surface area contributed by atoms with Gasteiger partial charge in [0.25, 0.3) is 0 Å². The van der Waals surface area contributed by atoms with Crippen LogP contribution in [0.2, 0.25) is 0 Å². The fourth-order valence-corrected chi connectivity index (χ4v) is 2.61. The van der Waals surface area contributed by atoms with E-state index in [4.69, 9.17) is 5.73 Å². The van der Waals surface area contributed by atoms with E-state index in [1.807, 2.05) is 6.07 Å². The van der Waals surface area contributed by atoms with E-state index in [0.29, 0.717) is 6.04 Å². The van der Waals surface area contributed by atoms with Crippen LogP contribution in [-0.2, 0) is 6.42 Å². The summed E-state index contributed by atoms with van der Waals surface area (Å²) in [5, 5.41) is 1.23. The van der Waals surface area contributed by atoms with Crippen LogP contribution in [-0.4, -0.2) is 11.0 Å². The normalized spacial score (nSPS) is 13.2. The van der Waals surface area contributed by atoms with Gasteiger partial charge in [-0.1, -0.05) is 12.1 Å². The van der Waals surface area contributed by atoms with E-state index in [-0.39, 0.29) is 0 Å². The Balaban J connectivity index is 2.03. The summed E-state index contributed by atoms with van der Waals surface area (Å²) < 4.78 is 1.29. The van der Waals surface area contributed by atoms with E-state index >= 15 is 0 Å². The molecule has 0 aliphatic heterocycles. The summed E-state index contributed by atoms with van der Waals surface area (Å²) in [6, 6.07) is 8.60. The number of aryl methyl sites for hydroxylation is 1. The van der Waals surface area contributed by atoms with Crippen molar-refractivity contribution in [3.05, 3.63) is 29.3 Å². The maximum absolute atomic E-state index is 5.71. The lowest BCUT2D eigenvalue weighted by molar-refractivity contribution is 0.623. The zero-order valence-electron chi connectivity index (χ0n) is 8.94. The standard InChI is InChI=1S/C12H16N2S/c1-9(13)5-4-8-12-14-10-6-2-3-7-11(10)15-12/h2-3,6-7,9H,4-5,8,13H2,1H3/t9-/m0/s1. The Morgan fingerprint density at radius 1 is 1.40 bits per heavy atom. The summed E-state index contributed by atoms with van der Waals surface area (Å²) in [6.07, 6.45) is 3.27. The highest BCUT2D eigenvalue weighted by Gasteiger charge is 2.03. The molecule has 2 nitrogen and oxygen atoms in total. The van der Waals surface area contributed by atoms with Gasteiger partial charge in [0.15, 0.2) is 0 Å². The SMILES string of the molecule is C[C@H](N)CCCc1nc2ccccc2s1. The quantitative estimate of drug-likeness (QED) is 0.860. The Morgan fingerprint density at radius 3 is 2.93 bits per heavy atom. The lowest BCUT2D eigenvalue weighted by Crippen LogP contribution is -2.14. The van der Waals surface area contributed by atoms with Gasteiger partial charge < -0.3 is 5.73 Å². The molecule has 0 bridgehead atoms. The number of thiazole rings is 1. The van der Waals surface area contributed by atoms with Gasteiger partial charge in [-0.05, 0) is 38.3 Å². The number of nitrogens with two attached hydrogens (primary N) is 1. The summed E-state index contributed by atoms with van der Waals surface area (Å²) in [5.74, 6) is 0. The van der Waals surface area contributed by atoms with Crippen molar-refractivity contribution >= 4 is 21.6 Å². The van der Waals surface area contributed by atoms with E-state index in [1.165, 1.54) is 9.71 Å². The predicted octanol–water partition coefficient (Wildman–Crippen LogP) is 2.97. The molecule has 0 aliphatic carbocycles. The lowest BCUT2D eigenvalue weighted by atomic mass is 10.1. The molecule has 3 heteroatoms. The first-order valence-corrected chi connectivity index (χ1v) is 6.17. The van der Waals surface area contributed by atoms with Crippen LogP contribution in [0.3, 0.4) is 0 Å². The Bertz CT molecular complexity index is 401. The second kappa shape index (κ2) is 4.73. The maximum Gasteiger partial charge on any atom is 0.0938 e. The summed E-state index contributed by atoms with van der Waals surface area (Å²) in [5.41, 5.74) is 6.84. The van der Waals surface area contributed by atoms with Crippen molar-refractivity contribution in [2.75, 3.05) is 0 Å². The molecule has 0 spiro atoms. The summed E-state index contributed by atoms with van der Waals surface area (Å²) in [4.78, 5) is 4.59. The molecule has 15 heavy (non-hydrogen) atoms. The summed E-state index contributed by atoms with van der Waals surface area (Å²) in [6.45, 7) is 2.05. The molecule has 1 heterocycles. The van der Waals surface area contributed by atoms with E-state index in [0.717, 1.165) is 24.8 Å². The van der Waals surface area contributed by atoms with Crippen LogP contribution in [0.1, 0.15) is 24.8 Å². The van der Waals surface area contributed by atoms with Gasteiger partial charge >= 0.3 is 0 Å². The largest absolute Gasteiger partial charge is 0.328 e. The van der Waals surface area contributed by atoms with Gasteiger partial charge in [-0.25, -0.2) is 4.98 Å². The number of hydrogen-bond donors (Lipinski definition) is 1. The zero-order chi connectivity index (χ0) is 10.7. The highest BCUT2D eigenvalue weighted by molar-refractivity contribution is 7.18. The van der Waals surface area contributed by atoms with Crippen molar-refractivity contribution < 1.29 is 0 Å². The van der Waals surface area contributed by atoms with E-state index < -0.39 is 0 Å². The molecule has 0 radical (unpaired) electrons. The number of para-hydroxylation sites is 1. The first kappa shape index (κ1) is 10.6. The van der Waals surface area contributed by atoms with Crippen molar-refractivity contribution in [2.45, 2.75) is 32.2 Å². The number of rotatable bonds is 4. The number of nitrogens with zero attached hydrogens (tertiary/aromatic N) is 1. The summed E-state index contributed by atoms with van der Waals surface area (Å²) >= 11 is 1.80. The van der Waals surface area contributed by atoms with Gasteiger partial charge in [-0.2, -0.15) is 0 Å². The minimum Gasteiger partial charge on any atom is -0.328 e. The molecule has 0 unspecified atom stereocenters. The second-order valence-corrected chi connectivity index (χ2v) is 5.06. The average molecular weight is 220 g/mol. The first-order valence-electron chi connectivity index (χ1n) is 5.36. The van der Waals surface area contributed by atoms with Crippen LogP contribution in [0.4, 0.5) is 0 Å². The highest BCUT2D eigenvalue weighted by atomic mass is 32.1. The van der Waals surface area contributed by atoms with Crippen molar-refractivity contribution in [1.29, 1.82) is 0 Å². The number of aromatic nitrogens is 1. The molecule has 2 N–H and O–H groups in total. The third kappa shape index (κ3) is 2.76. The molecule has 1 atom stereocenters. The van der Waals surface area contributed by atoms with Crippen LogP contribution in [0.5, 0.6) is 0 Å². The third-order valence-electron chi connectivity index (χ3n) is 2.39. The average Bonchev–Trinajstić information content (AvgIpc) is 2.59. The molecule has 2 aromatic rings. The van der Waals surface area contributed by atoms with Crippen LogP contribution in [0.15, 0.2) is 24.3 Å². The Kier molecular flexibility index (Phi) is 3.34. The second-order valence-electron chi connectivity index (χ2n) is 3.94. The highest BCUT2D eigenvalue weighted by Crippen LogP contribution is 2.22. The van der Waals surface area contributed by atoms with E-state index in [1.54, 1.807) is 11.3 Å². The molecular formula is C12H16N2S. The molecule has 1 aromatic heterocycles. The molecule has 0 saturated carbocycles. The van der Waals surface area contributed by atoms with Crippen LogP contribution in [0, 0.1) is 0 Å². The monoisotopic (exact) mass is 220 g/mol. The number of fused-ring (bicyclic) bond motifs is 1. The minimum atomic E-state index is 0.305. The van der Waals surface area contributed by atoms with Gasteiger partial charge in [0.05, 0.1) is 15.2 Å². The Labute approximate surface area is 94.1 Å². The van der Waals surface area contributed by atoms with Crippen LogP contribution >= 0.6 is 11.3 Å². The Hall–Kier alpha value is -0.930. The molecule has 0 amide bonds. The fraction of sp³-hybridized carbons (Fsp3) is 0.417. The molecule has 1 aromatic carbocycles. The molecule has 0 saturated heterocycles. The fourth-order valence-electron chi connectivity index (χ4n) is 1.60. The van der Waals surface area contributed by atoms with E-state index in [2.05, 4.69) is 30.1 Å². The molecule has 80 valence electrons. The minimum absolute atomic E-state index is 0.305. The van der Waals surface area contributed by atoms with Gasteiger partial charge in [0, 0.05) is 6.04 Å². The topological polar surface area (TPSA) is 38.9 Å². The smallest absolute Gasteiger partial charge is 0.0938 e. The van der Waals surface area contributed by atoms with Gasteiger partial charge in [0.1, 0.15) is 0 Å². The first-order chi connectivity index (χ1) is 7.25. The zero-order valence-corrected chi connectivity index (χ0v) is 9.76.